The van der Waals surface area contributed by atoms with Gasteiger partial charge in [-0.15, -0.1) is 0 Å². The highest BCUT2D eigenvalue weighted by atomic mass is 35.5. The Morgan fingerprint density at radius 2 is 1.61 bits per heavy atom. The van der Waals surface area contributed by atoms with E-state index in [-0.39, 0.29) is 22.1 Å². The number of nitrogens with one attached hydrogen (secondary N) is 1. The van der Waals surface area contributed by atoms with Crippen molar-refractivity contribution in [2.45, 2.75) is 0 Å². The highest BCUT2D eigenvalue weighted by molar-refractivity contribution is 6.33. The zero-order chi connectivity index (χ0) is 13.3. The van der Waals surface area contributed by atoms with Crippen molar-refractivity contribution in [3.63, 3.8) is 0 Å². The van der Waals surface area contributed by atoms with Crippen LogP contribution in [0.3, 0.4) is 0 Å². The maximum Gasteiger partial charge on any atom is 0.151 e. The smallest absolute Gasteiger partial charge is 0.151 e. The van der Waals surface area contributed by atoms with Crippen LogP contribution in [0.25, 0.3) is 0 Å². The molecule has 0 spiro atoms. The normalized spacial score (nSPS) is 10.4. The Bertz CT molecular complexity index is 559. The van der Waals surface area contributed by atoms with Gasteiger partial charge < -0.3 is 11.1 Å². The van der Waals surface area contributed by atoms with Crippen molar-refractivity contribution in [1.29, 1.82) is 0 Å². The van der Waals surface area contributed by atoms with Crippen LogP contribution in [0.2, 0.25) is 5.02 Å². The second kappa shape index (κ2) is 4.78. The van der Waals surface area contributed by atoms with Gasteiger partial charge in [-0.05, 0) is 24.3 Å². The molecule has 0 amide bonds. The van der Waals surface area contributed by atoms with E-state index in [1.165, 1.54) is 6.07 Å². The van der Waals surface area contributed by atoms with Gasteiger partial charge >= 0.3 is 0 Å². The standard InChI is InChI=1S/C12H8ClF3N2/c13-10-3-7(15)4-11(16)12(10)18-9-2-6(14)1-8(17)5-9/h1-5,18H,17H2. The summed E-state index contributed by atoms with van der Waals surface area (Å²) >= 11 is 5.70. The summed E-state index contributed by atoms with van der Waals surface area (Å²) in [6, 6.07) is 5.28. The van der Waals surface area contributed by atoms with Gasteiger partial charge in [-0.1, -0.05) is 11.6 Å². The van der Waals surface area contributed by atoms with E-state index in [0.717, 1.165) is 18.2 Å². The number of halogens is 4. The number of benzene rings is 2. The van der Waals surface area contributed by atoms with Crippen molar-refractivity contribution in [3.05, 3.63) is 52.8 Å². The van der Waals surface area contributed by atoms with Gasteiger partial charge in [0.15, 0.2) is 5.82 Å². The van der Waals surface area contributed by atoms with Gasteiger partial charge in [0.1, 0.15) is 11.6 Å². The van der Waals surface area contributed by atoms with Crippen LogP contribution in [0.5, 0.6) is 0 Å². The molecule has 18 heavy (non-hydrogen) atoms. The van der Waals surface area contributed by atoms with Crippen LogP contribution in [-0.2, 0) is 0 Å². The van der Waals surface area contributed by atoms with Gasteiger partial charge in [0, 0.05) is 17.4 Å². The first-order valence-electron chi connectivity index (χ1n) is 4.93. The first kappa shape index (κ1) is 12.6. The van der Waals surface area contributed by atoms with Crippen molar-refractivity contribution in [2.24, 2.45) is 0 Å². The molecule has 0 unspecified atom stereocenters. The summed E-state index contributed by atoms with van der Waals surface area (Å²) in [6.45, 7) is 0. The highest BCUT2D eigenvalue weighted by Crippen LogP contribution is 2.30. The molecule has 0 radical (unpaired) electrons. The molecule has 2 nitrogen and oxygen atoms in total. The Hall–Kier alpha value is -1.88. The Balaban J connectivity index is 2.40. The topological polar surface area (TPSA) is 38.0 Å². The summed E-state index contributed by atoms with van der Waals surface area (Å²) in [5.74, 6) is -2.24. The molecule has 2 rings (SSSR count). The number of nitrogens with two attached hydrogens (primary N) is 1. The number of hydrogen-bond acceptors (Lipinski definition) is 2. The Morgan fingerprint density at radius 1 is 0.944 bits per heavy atom. The summed E-state index contributed by atoms with van der Waals surface area (Å²) < 4.78 is 39.4. The minimum atomic E-state index is -0.872. The third-order valence-corrected chi connectivity index (χ3v) is 2.49. The molecule has 0 saturated heterocycles. The average molecular weight is 273 g/mol. The fraction of sp³-hybridized carbons (Fsp3) is 0. The molecule has 0 aliphatic carbocycles. The lowest BCUT2D eigenvalue weighted by Gasteiger charge is -2.10. The molecule has 0 bridgehead atoms. The summed E-state index contributed by atoms with van der Waals surface area (Å²) in [7, 11) is 0. The maximum atomic E-state index is 13.5. The molecule has 3 N–H and O–H groups in total. The molecule has 0 aromatic heterocycles. The van der Waals surface area contributed by atoms with E-state index in [4.69, 9.17) is 17.3 Å². The van der Waals surface area contributed by atoms with Gasteiger partial charge in [0.25, 0.3) is 0 Å². The molecular formula is C12H8ClF3N2. The molecule has 0 heterocycles. The first-order chi connectivity index (χ1) is 8.45. The van der Waals surface area contributed by atoms with E-state index in [0.29, 0.717) is 6.07 Å². The minimum Gasteiger partial charge on any atom is -0.399 e. The number of nitrogen functional groups attached to an aromatic ring is 1. The minimum absolute atomic E-state index is 0.136. The van der Waals surface area contributed by atoms with Crippen LogP contribution in [-0.4, -0.2) is 0 Å². The van der Waals surface area contributed by atoms with E-state index in [1.54, 1.807) is 0 Å². The van der Waals surface area contributed by atoms with Gasteiger partial charge in [-0.3, -0.25) is 0 Å². The SMILES string of the molecule is Nc1cc(F)cc(Nc2c(F)cc(F)cc2Cl)c1. The monoisotopic (exact) mass is 272 g/mol. The Morgan fingerprint density at radius 3 is 2.22 bits per heavy atom. The molecule has 6 heteroatoms. The van der Waals surface area contributed by atoms with E-state index < -0.39 is 17.5 Å². The molecule has 0 aliphatic rings. The van der Waals surface area contributed by atoms with Crippen molar-refractivity contribution in [1.82, 2.24) is 0 Å². The van der Waals surface area contributed by atoms with Crippen LogP contribution < -0.4 is 11.1 Å². The zero-order valence-electron chi connectivity index (χ0n) is 8.98. The molecule has 0 atom stereocenters. The quantitative estimate of drug-likeness (QED) is 0.808. The summed E-state index contributed by atoms with van der Waals surface area (Å²) in [4.78, 5) is 0. The zero-order valence-corrected chi connectivity index (χ0v) is 9.73. The van der Waals surface area contributed by atoms with Gasteiger partial charge in [-0.25, -0.2) is 13.2 Å². The lowest BCUT2D eigenvalue weighted by Crippen LogP contribution is -1.98. The molecule has 0 aliphatic heterocycles. The second-order valence-corrected chi connectivity index (χ2v) is 4.05. The number of rotatable bonds is 2. The predicted molar refractivity (Wildman–Crippen MR) is 65.5 cm³/mol. The van der Waals surface area contributed by atoms with Crippen molar-refractivity contribution in [3.8, 4) is 0 Å². The summed E-state index contributed by atoms with van der Waals surface area (Å²) in [5, 5.41) is 2.41. The maximum absolute atomic E-state index is 13.5. The van der Waals surface area contributed by atoms with Gasteiger partial charge in [0.05, 0.1) is 10.7 Å². The fourth-order valence-corrected chi connectivity index (χ4v) is 1.73. The lowest BCUT2D eigenvalue weighted by molar-refractivity contribution is 0.586. The molecule has 0 saturated carbocycles. The van der Waals surface area contributed by atoms with Crippen molar-refractivity contribution >= 4 is 28.7 Å². The van der Waals surface area contributed by atoms with E-state index in [1.807, 2.05) is 0 Å². The van der Waals surface area contributed by atoms with Gasteiger partial charge in [0.2, 0.25) is 0 Å². The fourth-order valence-electron chi connectivity index (χ4n) is 1.49. The summed E-state index contributed by atoms with van der Waals surface area (Å²) in [6.07, 6.45) is 0. The van der Waals surface area contributed by atoms with E-state index in [2.05, 4.69) is 5.32 Å². The largest absolute Gasteiger partial charge is 0.399 e. The number of anilines is 3. The van der Waals surface area contributed by atoms with Crippen molar-refractivity contribution < 1.29 is 13.2 Å². The first-order valence-corrected chi connectivity index (χ1v) is 5.31. The highest BCUT2D eigenvalue weighted by Gasteiger charge is 2.10. The lowest BCUT2D eigenvalue weighted by atomic mass is 10.2. The van der Waals surface area contributed by atoms with Crippen LogP contribution in [0.4, 0.5) is 30.2 Å². The predicted octanol–water partition coefficient (Wildman–Crippen LogP) is 4.08. The molecular weight excluding hydrogens is 265 g/mol. The Kier molecular flexibility index (Phi) is 3.34. The molecule has 94 valence electrons. The third-order valence-electron chi connectivity index (χ3n) is 2.20. The molecule has 0 fully saturated rings. The van der Waals surface area contributed by atoms with Crippen LogP contribution in [0.1, 0.15) is 0 Å². The van der Waals surface area contributed by atoms with E-state index >= 15 is 0 Å². The van der Waals surface area contributed by atoms with Crippen LogP contribution in [0.15, 0.2) is 30.3 Å². The molecule has 2 aromatic carbocycles. The molecule has 2 aromatic rings. The average Bonchev–Trinajstić information content (AvgIpc) is 2.22. The number of hydrogen-bond donors (Lipinski definition) is 2. The second-order valence-electron chi connectivity index (χ2n) is 3.64. The van der Waals surface area contributed by atoms with Crippen LogP contribution >= 0.6 is 11.6 Å². The van der Waals surface area contributed by atoms with Crippen molar-refractivity contribution in [2.75, 3.05) is 11.1 Å². The van der Waals surface area contributed by atoms with Gasteiger partial charge in [-0.2, -0.15) is 0 Å². The van der Waals surface area contributed by atoms with Crippen LogP contribution in [0, 0.1) is 17.5 Å². The van der Waals surface area contributed by atoms with E-state index in [9.17, 15) is 13.2 Å². The summed E-state index contributed by atoms with van der Waals surface area (Å²) in [5.41, 5.74) is 5.71. The Labute approximate surface area is 106 Å². The third kappa shape index (κ3) is 2.68.